The largest absolute Gasteiger partial charge is 0.370 e. The van der Waals surface area contributed by atoms with Gasteiger partial charge >= 0.3 is 0 Å². The van der Waals surface area contributed by atoms with Crippen molar-refractivity contribution in [2.45, 2.75) is 6.04 Å². The fourth-order valence-electron chi connectivity index (χ4n) is 2.52. The number of nitrogens with zero attached hydrogens (tertiary/aromatic N) is 1. The normalized spacial score (nSPS) is 17.4. The van der Waals surface area contributed by atoms with Gasteiger partial charge in [0.15, 0.2) is 0 Å². The Kier molecular flexibility index (Phi) is 3.67. The molecule has 4 heteroatoms. The molecule has 1 fully saturated rings. The lowest BCUT2D eigenvalue weighted by Gasteiger charge is -2.29. The molecule has 3 rings (SSSR count). The summed E-state index contributed by atoms with van der Waals surface area (Å²) in [7, 11) is 0. The number of carbonyl (C=O) groups is 1. The highest BCUT2D eigenvalue weighted by Crippen LogP contribution is 2.20. The Morgan fingerprint density at radius 2 is 2.00 bits per heavy atom. The van der Waals surface area contributed by atoms with Crippen LogP contribution in [0.25, 0.3) is 10.8 Å². The summed E-state index contributed by atoms with van der Waals surface area (Å²) in [6.45, 7) is 1.93. The lowest BCUT2D eigenvalue weighted by molar-refractivity contribution is -0.142. The molecule has 0 aromatic heterocycles. The summed E-state index contributed by atoms with van der Waals surface area (Å²) >= 11 is 0. The number of fused-ring (bicyclic) bond motifs is 1. The Bertz CT molecular complexity index is 627. The van der Waals surface area contributed by atoms with Gasteiger partial charge in [0.1, 0.15) is 6.61 Å². The van der Waals surface area contributed by atoms with Gasteiger partial charge in [0, 0.05) is 19.1 Å². The molecule has 1 unspecified atom stereocenters. The van der Waals surface area contributed by atoms with Crippen molar-refractivity contribution in [1.82, 2.24) is 4.90 Å². The van der Waals surface area contributed by atoms with Crippen molar-refractivity contribution in [2.24, 2.45) is 5.73 Å². The number of carbonyl (C=O) groups excluding carboxylic acids is 1. The lowest BCUT2D eigenvalue weighted by atomic mass is 10.0. The molecule has 0 radical (unpaired) electrons. The van der Waals surface area contributed by atoms with Crippen LogP contribution in [-0.4, -0.2) is 37.1 Å². The van der Waals surface area contributed by atoms with Crippen LogP contribution in [0.4, 0.5) is 0 Å². The van der Waals surface area contributed by atoms with E-state index in [9.17, 15) is 4.79 Å². The van der Waals surface area contributed by atoms with Gasteiger partial charge in [-0.05, 0) is 22.4 Å². The van der Waals surface area contributed by atoms with Crippen molar-refractivity contribution < 1.29 is 9.53 Å². The molecule has 20 heavy (non-hydrogen) atoms. The van der Waals surface area contributed by atoms with E-state index in [0.29, 0.717) is 19.7 Å². The summed E-state index contributed by atoms with van der Waals surface area (Å²) in [4.78, 5) is 13.5. The average Bonchev–Trinajstić information content (AvgIpc) is 2.49. The van der Waals surface area contributed by atoms with Gasteiger partial charge in [-0.15, -0.1) is 0 Å². The van der Waals surface area contributed by atoms with Crippen molar-refractivity contribution in [3.8, 4) is 0 Å². The van der Waals surface area contributed by atoms with Crippen molar-refractivity contribution >= 4 is 16.7 Å². The van der Waals surface area contributed by atoms with Crippen LogP contribution in [0.1, 0.15) is 11.6 Å². The Morgan fingerprint density at radius 1 is 1.20 bits per heavy atom. The molecule has 0 bridgehead atoms. The highest BCUT2D eigenvalue weighted by molar-refractivity contribution is 5.83. The van der Waals surface area contributed by atoms with Gasteiger partial charge < -0.3 is 15.4 Å². The minimum atomic E-state index is -0.165. The first kappa shape index (κ1) is 13.1. The Labute approximate surface area is 118 Å². The molecular weight excluding hydrogens is 252 g/mol. The molecule has 2 N–H and O–H groups in total. The number of rotatable bonds is 3. The molecule has 1 aliphatic rings. The maximum Gasteiger partial charge on any atom is 0.248 e. The zero-order valence-electron chi connectivity index (χ0n) is 11.3. The molecule has 4 nitrogen and oxygen atoms in total. The third-order valence-corrected chi connectivity index (χ3v) is 3.70. The maximum atomic E-state index is 11.7. The fraction of sp³-hybridized carbons (Fsp3) is 0.312. The number of hydrogen-bond acceptors (Lipinski definition) is 3. The van der Waals surface area contributed by atoms with Crippen molar-refractivity contribution in [1.29, 1.82) is 0 Å². The van der Waals surface area contributed by atoms with Crippen LogP contribution in [0.2, 0.25) is 0 Å². The standard InChI is InChI=1S/C16H18N2O2/c17-15(10-18-7-8-20-11-16(18)19)14-6-5-12-3-1-2-4-13(12)9-14/h1-6,9,15H,7-8,10-11,17H2. The summed E-state index contributed by atoms with van der Waals surface area (Å²) in [5.41, 5.74) is 7.30. The molecular formula is C16H18N2O2. The van der Waals surface area contributed by atoms with Gasteiger partial charge in [0.05, 0.1) is 6.61 Å². The van der Waals surface area contributed by atoms with Gasteiger partial charge in [0.2, 0.25) is 5.91 Å². The van der Waals surface area contributed by atoms with E-state index in [-0.39, 0.29) is 18.6 Å². The van der Waals surface area contributed by atoms with Crippen LogP contribution in [0.15, 0.2) is 42.5 Å². The van der Waals surface area contributed by atoms with Crippen LogP contribution in [-0.2, 0) is 9.53 Å². The first-order valence-corrected chi connectivity index (χ1v) is 6.84. The van der Waals surface area contributed by atoms with E-state index in [1.165, 1.54) is 10.8 Å². The lowest BCUT2D eigenvalue weighted by Crippen LogP contribution is -2.44. The third-order valence-electron chi connectivity index (χ3n) is 3.70. The maximum absolute atomic E-state index is 11.7. The molecule has 1 aliphatic heterocycles. The van der Waals surface area contributed by atoms with Gasteiger partial charge in [-0.25, -0.2) is 0 Å². The molecule has 2 aromatic carbocycles. The molecule has 1 atom stereocenters. The molecule has 2 aromatic rings. The number of benzene rings is 2. The fourth-order valence-corrected chi connectivity index (χ4v) is 2.52. The predicted molar refractivity (Wildman–Crippen MR) is 78.3 cm³/mol. The number of morpholine rings is 1. The molecule has 0 saturated carbocycles. The van der Waals surface area contributed by atoms with E-state index in [4.69, 9.17) is 10.5 Å². The Hall–Kier alpha value is -1.91. The van der Waals surface area contributed by atoms with Crippen LogP contribution in [0.3, 0.4) is 0 Å². The summed E-state index contributed by atoms with van der Waals surface area (Å²) in [6, 6.07) is 14.2. The minimum absolute atomic E-state index is 0.0208. The SMILES string of the molecule is NC(CN1CCOCC1=O)c1ccc2ccccc2c1. The van der Waals surface area contributed by atoms with E-state index in [1.54, 1.807) is 4.90 Å². The van der Waals surface area contributed by atoms with E-state index in [0.717, 1.165) is 5.56 Å². The quantitative estimate of drug-likeness (QED) is 0.923. The van der Waals surface area contributed by atoms with Gasteiger partial charge in [-0.1, -0.05) is 36.4 Å². The molecule has 104 valence electrons. The number of hydrogen-bond donors (Lipinski definition) is 1. The number of ether oxygens (including phenoxy) is 1. The van der Waals surface area contributed by atoms with Gasteiger partial charge in [0.25, 0.3) is 0 Å². The highest BCUT2D eigenvalue weighted by Gasteiger charge is 2.21. The zero-order valence-corrected chi connectivity index (χ0v) is 11.3. The van der Waals surface area contributed by atoms with E-state index < -0.39 is 0 Å². The summed E-state index contributed by atoms with van der Waals surface area (Å²) in [5, 5.41) is 2.37. The molecule has 0 spiro atoms. The summed E-state index contributed by atoms with van der Waals surface area (Å²) in [6.07, 6.45) is 0. The van der Waals surface area contributed by atoms with Crippen LogP contribution < -0.4 is 5.73 Å². The molecule has 1 saturated heterocycles. The number of nitrogens with two attached hydrogens (primary N) is 1. The van der Waals surface area contributed by atoms with Crippen LogP contribution in [0, 0.1) is 0 Å². The zero-order chi connectivity index (χ0) is 13.9. The van der Waals surface area contributed by atoms with Crippen molar-refractivity contribution in [2.75, 3.05) is 26.3 Å². The average molecular weight is 270 g/mol. The van der Waals surface area contributed by atoms with Gasteiger partial charge in [-0.3, -0.25) is 4.79 Å². The number of amides is 1. The van der Waals surface area contributed by atoms with Crippen molar-refractivity contribution in [3.05, 3.63) is 48.0 Å². The monoisotopic (exact) mass is 270 g/mol. The smallest absolute Gasteiger partial charge is 0.248 e. The van der Waals surface area contributed by atoms with Crippen LogP contribution >= 0.6 is 0 Å². The second-order valence-corrected chi connectivity index (χ2v) is 5.11. The third kappa shape index (κ3) is 2.66. The Balaban J connectivity index is 1.77. The van der Waals surface area contributed by atoms with Crippen molar-refractivity contribution in [3.63, 3.8) is 0 Å². The van der Waals surface area contributed by atoms with E-state index in [1.807, 2.05) is 18.2 Å². The second kappa shape index (κ2) is 5.61. The topological polar surface area (TPSA) is 55.6 Å². The minimum Gasteiger partial charge on any atom is -0.370 e. The Morgan fingerprint density at radius 3 is 2.80 bits per heavy atom. The first-order valence-electron chi connectivity index (χ1n) is 6.84. The van der Waals surface area contributed by atoms with E-state index >= 15 is 0 Å². The van der Waals surface area contributed by atoms with Gasteiger partial charge in [-0.2, -0.15) is 0 Å². The highest BCUT2D eigenvalue weighted by atomic mass is 16.5. The second-order valence-electron chi connectivity index (χ2n) is 5.11. The summed E-state index contributed by atoms with van der Waals surface area (Å²) < 4.78 is 5.12. The summed E-state index contributed by atoms with van der Waals surface area (Å²) in [5.74, 6) is 0.0208. The molecule has 1 heterocycles. The first-order chi connectivity index (χ1) is 9.74. The molecule has 1 amide bonds. The predicted octanol–water partition coefficient (Wildman–Crippen LogP) is 1.70. The molecule has 0 aliphatic carbocycles. The van der Waals surface area contributed by atoms with Crippen LogP contribution in [0.5, 0.6) is 0 Å². The van der Waals surface area contributed by atoms with E-state index in [2.05, 4.69) is 24.3 Å².